The maximum Gasteiger partial charge on any atom is 0.191 e. The molecule has 0 aromatic carbocycles. The molecule has 1 saturated carbocycles. The Morgan fingerprint density at radius 1 is 1.38 bits per heavy atom. The van der Waals surface area contributed by atoms with Crippen LogP contribution < -0.4 is 10.6 Å². The van der Waals surface area contributed by atoms with Crippen molar-refractivity contribution in [3.8, 4) is 0 Å². The summed E-state index contributed by atoms with van der Waals surface area (Å²) < 4.78 is 0. The quantitative estimate of drug-likeness (QED) is 0.400. The molecule has 0 amide bonds. The minimum Gasteiger partial charge on any atom is -0.386 e. The molecule has 1 aromatic rings. The zero-order chi connectivity index (χ0) is 14.2. The Labute approximate surface area is 143 Å². The zero-order valence-electron chi connectivity index (χ0n) is 12.5. The summed E-state index contributed by atoms with van der Waals surface area (Å²) in [5.74, 6) is 0.799. The molecule has 2 rings (SSSR count). The van der Waals surface area contributed by atoms with Crippen molar-refractivity contribution in [3.05, 3.63) is 30.1 Å². The lowest BCUT2D eigenvalue weighted by atomic mass is 10.1. The molecule has 6 heteroatoms. The fraction of sp³-hybridized carbons (Fsp3) is 0.600. The van der Waals surface area contributed by atoms with Crippen LogP contribution in [0.5, 0.6) is 0 Å². The summed E-state index contributed by atoms with van der Waals surface area (Å²) in [6.45, 7) is 3.22. The molecule has 21 heavy (non-hydrogen) atoms. The number of hydrogen-bond acceptors (Lipinski definition) is 3. The summed E-state index contributed by atoms with van der Waals surface area (Å²) in [5, 5.41) is 16.8. The van der Waals surface area contributed by atoms with E-state index < -0.39 is 6.10 Å². The van der Waals surface area contributed by atoms with Crippen LogP contribution in [-0.2, 0) is 0 Å². The van der Waals surface area contributed by atoms with Gasteiger partial charge < -0.3 is 15.7 Å². The fourth-order valence-electron chi connectivity index (χ4n) is 2.45. The van der Waals surface area contributed by atoms with Crippen LogP contribution in [-0.4, -0.2) is 35.2 Å². The maximum atomic E-state index is 10.1. The average molecular weight is 404 g/mol. The van der Waals surface area contributed by atoms with Crippen molar-refractivity contribution in [3.63, 3.8) is 0 Å². The van der Waals surface area contributed by atoms with E-state index in [1.807, 2.05) is 19.1 Å². The van der Waals surface area contributed by atoms with Crippen molar-refractivity contribution >= 4 is 29.9 Å². The van der Waals surface area contributed by atoms with Crippen molar-refractivity contribution in [2.75, 3.05) is 13.1 Å². The minimum absolute atomic E-state index is 0. The van der Waals surface area contributed by atoms with E-state index in [0.717, 1.165) is 18.1 Å². The second-order valence-electron chi connectivity index (χ2n) is 5.14. The summed E-state index contributed by atoms with van der Waals surface area (Å²) in [7, 11) is 0. The number of rotatable bonds is 5. The molecule has 118 valence electrons. The summed E-state index contributed by atoms with van der Waals surface area (Å²) in [5.41, 5.74) is 0.848. The summed E-state index contributed by atoms with van der Waals surface area (Å²) in [6.07, 6.45) is 7.77. The zero-order valence-corrected chi connectivity index (χ0v) is 14.8. The number of halogens is 1. The molecule has 0 radical (unpaired) electrons. The van der Waals surface area contributed by atoms with E-state index in [2.05, 4.69) is 20.6 Å². The van der Waals surface area contributed by atoms with Crippen molar-refractivity contribution in [2.45, 2.75) is 44.8 Å². The highest BCUT2D eigenvalue weighted by molar-refractivity contribution is 14.0. The first-order valence-electron chi connectivity index (χ1n) is 7.42. The maximum absolute atomic E-state index is 10.1. The number of hydrogen-bond donors (Lipinski definition) is 3. The van der Waals surface area contributed by atoms with Crippen LogP contribution in [0.25, 0.3) is 0 Å². The number of pyridine rings is 1. The predicted octanol–water partition coefficient (Wildman–Crippen LogP) is 2.23. The molecule has 1 aliphatic rings. The Bertz CT molecular complexity index is 421. The first-order valence-corrected chi connectivity index (χ1v) is 7.42. The first-order chi connectivity index (χ1) is 9.79. The van der Waals surface area contributed by atoms with Crippen molar-refractivity contribution in [1.29, 1.82) is 0 Å². The van der Waals surface area contributed by atoms with Gasteiger partial charge in [-0.05, 0) is 37.5 Å². The number of aliphatic imine (C=N–C) groups is 1. The van der Waals surface area contributed by atoms with Gasteiger partial charge in [0, 0.05) is 25.0 Å². The summed E-state index contributed by atoms with van der Waals surface area (Å²) in [6, 6.07) is 4.15. The van der Waals surface area contributed by atoms with Gasteiger partial charge in [-0.15, -0.1) is 24.0 Å². The fourth-order valence-corrected chi connectivity index (χ4v) is 2.45. The molecular weight excluding hydrogens is 379 g/mol. The van der Waals surface area contributed by atoms with Crippen LogP contribution in [0.1, 0.15) is 44.3 Å². The number of guanidine groups is 1. The van der Waals surface area contributed by atoms with E-state index >= 15 is 0 Å². The van der Waals surface area contributed by atoms with Gasteiger partial charge >= 0.3 is 0 Å². The molecule has 0 bridgehead atoms. The highest BCUT2D eigenvalue weighted by atomic mass is 127. The van der Waals surface area contributed by atoms with Gasteiger partial charge in [0.05, 0.1) is 12.6 Å². The lowest BCUT2D eigenvalue weighted by Gasteiger charge is -2.17. The number of nitrogens with one attached hydrogen (secondary N) is 2. The Hall–Kier alpha value is -0.890. The van der Waals surface area contributed by atoms with E-state index in [4.69, 9.17) is 0 Å². The Morgan fingerprint density at radius 2 is 2.05 bits per heavy atom. The Morgan fingerprint density at radius 3 is 2.67 bits per heavy atom. The van der Waals surface area contributed by atoms with Crippen molar-refractivity contribution in [1.82, 2.24) is 15.6 Å². The van der Waals surface area contributed by atoms with Gasteiger partial charge in [-0.3, -0.25) is 9.98 Å². The lowest BCUT2D eigenvalue weighted by Crippen LogP contribution is -2.42. The first kappa shape index (κ1) is 18.2. The third-order valence-corrected chi connectivity index (χ3v) is 3.55. The predicted molar refractivity (Wildman–Crippen MR) is 96.0 cm³/mol. The highest BCUT2D eigenvalue weighted by Gasteiger charge is 2.16. The standard InChI is InChI=1S/C15H24N4O.HI/c1-2-17-15(19-13-5-3-4-6-13)18-11-14(20)12-7-9-16-10-8-12;/h7-10,13-14,20H,2-6,11H2,1H3,(H2,17,18,19);1H. The van der Waals surface area contributed by atoms with Crippen LogP contribution >= 0.6 is 24.0 Å². The smallest absolute Gasteiger partial charge is 0.191 e. The van der Waals surface area contributed by atoms with Crippen molar-refractivity contribution < 1.29 is 5.11 Å². The average Bonchev–Trinajstić information content (AvgIpc) is 2.98. The molecule has 1 unspecified atom stereocenters. The molecular formula is C15H25IN4O. The van der Waals surface area contributed by atoms with Crippen LogP contribution in [0, 0.1) is 0 Å². The molecule has 3 N–H and O–H groups in total. The molecule has 5 nitrogen and oxygen atoms in total. The SMILES string of the molecule is CCNC(=NCC(O)c1ccncc1)NC1CCCC1.I. The molecule has 0 spiro atoms. The molecule has 1 aromatic heterocycles. The summed E-state index contributed by atoms with van der Waals surface area (Å²) in [4.78, 5) is 8.43. The molecule has 0 saturated heterocycles. The third kappa shape index (κ3) is 6.17. The number of aliphatic hydroxyl groups is 1. The van der Waals surface area contributed by atoms with Gasteiger partial charge in [-0.1, -0.05) is 12.8 Å². The summed E-state index contributed by atoms with van der Waals surface area (Å²) >= 11 is 0. The second-order valence-corrected chi connectivity index (χ2v) is 5.14. The van der Waals surface area contributed by atoms with E-state index in [1.165, 1.54) is 25.7 Å². The monoisotopic (exact) mass is 404 g/mol. The minimum atomic E-state index is -0.586. The van der Waals surface area contributed by atoms with Gasteiger partial charge in [-0.2, -0.15) is 0 Å². The Kier molecular flexibility index (Phi) is 8.60. The van der Waals surface area contributed by atoms with Crippen molar-refractivity contribution in [2.24, 2.45) is 4.99 Å². The van der Waals surface area contributed by atoms with Gasteiger partial charge in [0.2, 0.25) is 0 Å². The third-order valence-electron chi connectivity index (χ3n) is 3.55. The number of nitrogens with zero attached hydrogens (tertiary/aromatic N) is 2. The van der Waals surface area contributed by atoms with Gasteiger partial charge in [0.15, 0.2) is 5.96 Å². The van der Waals surface area contributed by atoms with E-state index in [0.29, 0.717) is 12.6 Å². The van der Waals surface area contributed by atoms with E-state index in [9.17, 15) is 5.11 Å². The van der Waals surface area contributed by atoms with E-state index in [-0.39, 0.29) is 24.0 Å². The normalized spacial score (nSPS) is 17.1. The molecule has 1 heterocycles. The van der Waals surface area contributed by atoms with Crippen LogP contribution in [0.3, 0.4) is 0 Å². The van der Waals surface area contributed by atoms with Crippen LogP contribution in [0.2, 0.25) is 0 Å². The van der Waals surface area contributed by atoms with Gasteiger partial charge in [0.1, 0.15) is 0 Å². The van der Waals surface area contributed by atoms with E-state index in [1.54, 1.807) is 12.4 Å². The van der Waals surface area contributed by atoms with Gasteiger partial charge in [-0.25, -0.2) is 0 Å². The van der Waals surface area contributed by atoms with Gasteiger partial charge in [0.25, 0.3) is 0 Å². The molecule has 1 atom stereocenters. The largest absolute Gasteiger partial charge is 0.386 e. The molecule has 1 aliphatic carbocycles. The lowest BCUT2D eigenvalue weighted by molar-refractivity contribution is 0.187. The molecule has 1 fully saturated rings. The second kappa shape index (κ2) is 9.94. The topological polar surface area (TPSA) is 69.5 Å². The Balaban J connectivity index is 0.00000220. The highest BCUT2D eigenvalue weighted by Crippen LogP contribution is 2.17. The molecule has 0 aliphatic heterocycles. The van der Waals surface area contributed by atoms with Crippen LogP contribution in [0.15, 0.2) is 29.5 Å². The number of aliphatic hydroxyl groups excluding tert-OH is 1. The van der Waals surface area contributed by atoms with Crippen LogP contribution in [0.4, 0.5) is 0 Å². The number of aromatic nitrogens is 1.